The van der Waals surface area contributed by atoms with Gasteiger partial charge >= 0.3 is 11.9 Å². The van der Waals surface area contributed by atoms with Crippen molar-refractivity contribution in [3.05, 3.63) is 85.8 Å². The number of ether oxygens (including phenoxy) is 2. The van der Waals surface area contributed by atoms with Crippen LogP contribution in [0.2, 0.25) is 0 Å². The van der Waals surface area contributed by atoms with Crippen LogP contribution in [0.4, 0.5) is 10.7 Å². The second-order valence-electron chi connectivity index (χ2n) is 7.60. The van der Waals surface area contributed by atoms with E-state index in [4.69, 9.17) is 9.47 Å². The first-order chi connectivity index (χ1) is 16.5. The van der Waals surface area contributed by atoms with Gasteiger partial charge in [0, 0.05) is 28.8 Å². The second kappa shape index (κ2) is 10.4. The Kier molecular flexibility index (Phi) is 7.12. The van der Waals surface area contributed by atoms with Crippen molar-refractivity contribution < 1.29 is 24.0 Å². The molecule has 4 rings (SSSR count). The summed E-state index contributed by atoms with van der Waals surface area (Å²) in [5.74, 6) is -0.895. The fourth-order valence-electron chi connectivity index (χ4n) is 3.76. The van der Waals surface area contributed by atoms with Crippen LogP contribution in [0.15, 0.2) is 53.5 Å². The molecule has 1 aromatic heterocycles. The zero-order chi connectivity index (χ0) is 24.1. The fourth-order valence-corrected chi connectivity index (χ4v) is 4.98. The summed E-state index contributed by atoms with van der Waals surface area (Å²) in [6, 6.07) is 12.4. The molecule has 0 amide bonds. The van der Waals surface area contributed by atoms with Crippen molar-refractivity contribution in [1.29, 1.82) is 0 Å². The quantitative estimate of drug-likeness (QED) is 0.142. The lowest BCUT2D eigenvalue weighted by molar-refractivity contribution is -0.384. The van der Waals surface area contributed by atoms with Gasteiger partial charge < -0.3 is 9.47 Å². The van der Waals surface area contributed by atoms with Crippen molar-refractivity contribution in [2.75, 3.05) is 6.61 Å². The van der Waals surface area contributed by atoms with E-state index in [2.05, 4.69) is 4.99 Å². The maximum Gasteiger partial charge on any atom is 0.343 e. The molecular formula is C25H22N2O6S. The van der Waals surface area contributed by atoms with Crippen molar-refractivity contribution in [2.45, 2.75) is 32.6 Å². The van der Waals surface area contributed by atoms with Crippen molar-refractivity contribution in [1.82, 2.24) is 0 Å². The first-order valence-corrected chi connectivity index (χ1v) is 11.7. The highest BCUT2D eigenvalue weighted by molar-refractivity contribution is 7.16. The van der Waals surface area contributed by atoms with E-state index < -0.39 is 16.9 Å². The Morgan fingerprint density at radius 1 is 1.12 bits per heavy atom. The molecule has 0 unspecified atom stereocenters. The van der Waals surface area contributed by atoms with Gasteiger partial charge in [0.2, 0.25) is 0 Å². The average Bonchev–Trinajstić information content (AvgIpc) is 3.22. The van der Waals surface area contributed by atoms with E-state index in [-0.39, 0.29) is 23.6 Å². The molecule has 0 N–H and O–H groups in total. The third kappa shape index (κ3) is 5.04. The Morgan fingerprint density at radius 3 is 2.62 bits per heavy atom. The number of aliphatic imine (C=N–C) groups is 1. The highest BCUT2D eigenvalue weighted by Crippen LogP contribution is 2.40. The number of fused-ring (bicyclic) bond motifs is 1. The van der Waals surface area contributed by atoms with Crippen molar-refractivity contribution in [3.8, 4) is 5.75 Å². The molecule has 174 valence electrons. The number of thiophene rings is 1. The van der Waals surface area contributed by atoms with Gasteiger partial charge in [0.15, 0.2) is 0 Å². The van der Waals surface area contributed by atoms with Crippen LogP contribution in [0, 0.1) is 10.1 Å². The fraction of sp³-hybridized carbons (Fsp3) is 0.240. The number of nitrogens with zero attached hydrogens (tertiary/aromatic N) is 2. The topological polar surface area (TPSA) is 108 Å². The van der Waals surface area contributed by atoms with E-state index in [0.717, 1.165) is 36.1 Å². The minimum Gasteiger partial charge on any atom is -0.462 e. The molecular weight excluding hydrogens is 456 g/mol. The molecule has 0 aliphatic heterocycles. The molecule has 0 saturated heterocycles. The standard InChI is InChI=1S/C25H22N2O6S/c1-2-32-25(29)22-19-10-6-7-11-21(19)34-23(22)26-15-17-14-18(27(30)31)12-13-20(17)33-24(28)16-8-4-3-5-9-16/h3-5,8-9,12-15H,2,6-7,10-11H2,1H3/b26-15+. The molecule has 1 heterocycles. The summed E-state index contributed by atoms with van der Waals surface area (Å²) in [6.07, 6.45) is 5.08. The number of non-ortho nitro benzene ring substituents is 1. The number of aryl methyl sites for hydroxylation is 1. The number of hydrogen-bond donors (Lipinski definition) is 0. The number of carbonyl (C=O) groups excluding carboxylic acids is 2. The van der Waals surface area contributed by atoms with Gasteiger partial charge in [0.05, 0.1) is 22.7 Å². The second-order valence-corrected chi connectivity index (χ2v) is 8.69. The van der Waals surface area contributed by atoms with Gasteiger partial charge in [-0.05, 0) is 56.4 Å². The first-order valence-electron chi connectivity index (χ1n) is 10.9. The molecule has 0 radical (unpaired) electrons. The number of rotatable bonds is 7. The molecule has 8 nitrogen and oxygen atoms in total. The van der Waals surface area contributed by atoms with Crippen LogP contribution in [-0.2, 0) is 17.6 Å². The van der Waals surface area contributed by atoms with Gasteiger partial charge in [-0.1, -0.05) is 18.2 Å². The molecule has 0 fully saturated rings. The number of nitro benzene ring substituents is 1. The predicted octanol–water partition coefficient (Wildman–Crippen LogP) is 5.68. The Balaban J connectivity index is 1.71. The van der Waals surface area contributed by atoms with Crippen molar-refractivity contribution >= 4 is 40.2 Å². The average molecular weight is 479 g/mol. The zero-order valence-electron chi connectivity index (χ0n) is 18.5. The van der Waals surface area contributed by atoms with Crippen LogP contribution in [0.3, 0.4) is 0 Å². The van der Waals surface area contributed by atoms with Gasteiger partial charge in [0.1, 0.15) is 10.8 Å². The lowest BCUT2D eigenvalue weighted by Gasteiger charge is -2.11. The van der Waals surface area contributed by atoms with Crippen LogP contribution in [0.5, 0.6) is 5.75 Å². The van der Waals surface area contributed by atoms with E-state index in [1.807, 2.05) is 0 Å². The van der Waals surface area contributed by atoms with E-state index in [9.17, 15) is 19.7 Å². The third-order valence-electron chi connectivity index (χ3n) is 5.37. The largest absolute Gasteiger partial charge is 0.462 e. The number of benzene rings is 2. The van der Waals surface area contributed by atoms with Gasteiger partial charge in [-0.3, -0.25) is 10.1 Å². The minimum absolute atomic E-state index is 0.127. The normalized spacial score (nSPS) is 12.9. The smallest absolute Gasteiger partial charge is 0.343 e. The first kappa shape index (κ1) is 23.3. The summed E-state index contributed by atoms with van der Waals surface area (Å²) in [6.45, 7) is 1.99. The molecule has 0 bridgehead atoms. The van der Waals surface area contributed by atoms with Crippen LogP contribution >= 0.6 is 11.3 Å². The molecule has 2 aromatic carbocycles. The predicted molar refractivity (Wildman–Crippen MR) is 129 cm³/mol. The monoisotopic (exact) mass is 478 g/mol. The Bertz CT molecular complexity index is 1270. The maximum atomic E-state index is 12.7. The molecule has 1 aliphatic rings. The third-order valence-corrected chi connectivity index (χ3v) is 6.57. The van der Waals surface area contributed by atoms with E-state index in [1.165, 1.54) is 35.8 Å². The Hall–Kier alpha value is -3.85. The summed E-state index contributed by atoms with van der Waals surface area (Å²) in [5.41, 5.74) is 1.85. The van der Waals surface area contributed by atoms with Crippen LogP contribution < -0.4 is 4.74 Å². The molecule has 0 spiro atoms. The highest BCUT2D eigenvalue weighted by Gasteiger charge is 2.26. The van der Waals surface area contributed by atoms with Gasteiger partial charge in [-0.25, -0.2) is 14.6 Å². The van der Waals surface area contributed by atoms with Crippen molar-refractivity contribution in [2.24, 2.45) is 4.99 Å². The molecule has 0 atom stereocenters. The lowest BCUT2D eigenvalue weighted by Crippen LogP contribution is -2.10. The summed E-state index contributed by atoms with van der Waals surface area (Å²) in [7, 11) is 0. The zero-order valence-corrected chi connectivity index (χ0v) is 19.3. The number of carbonyl (C=O) groups is 2. The summed E-state index contributed by atoms with van der Waals surface area (Å²) in [5, 5.41) is 11.8. The van der Waals surface area contributed by atoms with Gasteiger partial charge in [0.25, 0.3) is 5.69 Å². The van der Waals surface area contributed by atoms with E-state index in [1.54, 1.807) is 37.3 Å². The molecule has 9 heteroatoms. The summed E-state index contributed by atoms with van der Waals surface area (Å²) in [4.78, 5) is 41.6. The SMILES string of the molecule is CCOC(=O)c1c(/N=C/c2cc([N+](=O)[O-])ccc2OC(=O)c2ccccc2)sc2c1CCCC2. The van der Waals surface area contributed by atoms with E-state index >= 15 is 0 Å². The highest BCUT2D eigenvalue weighted by atomic mass is 32.1. The molecule has 3 aromatic rings. The Labute approximate surface area is 200 Å². The maximum absolute atomic E-state index is 12.7. The number of nitro groups is 1. The molecule has 0 saturated carbocycles. The molecule has 1 aliphatic carbocycles. The van der Waals surface area contributed by atoms with E-state index in [0.29, 0.717) is 16.1 Å². The van der Waals surface area contributed by atoms with Crippen LogP contribution in [-0.4, -0.2) is 29.7 Å². The Morgan fingerprint density at radius 2 is 1.88 bits per heavy atom. The number of hydrogen-bond acceptors (Lipinski definition) is 8. The van der Waals surface area contributed by atoms with Gasteiger partial charge in [-0.2, -0.15) is 0 Å². The van der Waals surface area contributed by atoms with Crippen LogP contribution in [0.25, 0.3) is 0 Å². The van der Waals surface area contributed by atoms with Gasteiger partial charge in [-0.15, -0.1) is 11.3 Å². The number of esters is 2. The van der Waals surface area contributed by atoms with Crippen molar-refractivity contribution in [3.63, 3.8) is 0 Å². The van der Waals surface area contributed by atoms with Crippen LogP contribution in [0.1, 0.15) is 56.5 Å². The molecule has 34 heavy (non-hydrogen) atoms. The summed E-state index contributed by atoms with van der Waals surface area (Å²) < 4.78 is 10.8. The minimum atomic E-state index is -0.595. The lowest BCUT2D eigenvalue weighted by atomic mass is 9.95. The summed E-state index contributed by atoms with van der Waals surface area (Å²) >= 11 is 1.42.